The minimum Gasteiger partial charge on any atom is -0.504 e. The van der Waals surface area contributed by atoms with E-state index in [2.05, 4.69) is 5.32 Å². The predicted molar refractivity (Wildman–Crippen MR) is 60.1 cm³/mol. The van der Waals surface area contributed by atoms with E-state index in [1.165, 1.54) is 25.3 Å². The number of amides is 1. The molecule has 1 aromatic carbocycles. The molecule has 4 N–H and O–H groups in total. The summed E-state index contributed by atoms with van der Waals surface area (Å²) < 4.78 is 4.84. The van der Waals surface area contributed by atoms with Crippen molar-refractivity contribution < 1.29 is 24.9 Å². The van der Waals surface area contributed by atoms with Crippen molar-refractivity contribution >= 4 is 5.91 Å². The minimum atomic E-state index is -0.995. The highest BCUT2D eigenvalue weighted by molar-refractivity contribution is 5.94. The van der Waals surface area contributed by atoms with Gasteiger partial charge in [0, 0.05) is 12.1 Å². The second-order valence-electron chi connectivity index (χ2n) is 3.43. The average molecular weight is 241 g/mol. The first-order valence-electron chi connectivity index (χ1n) is 5.02. The number of phenolic OH excluding ortho intramolecular Hbond substituents is 1. The van der Waals surface area contributed by atoms with E-state index < -0.39 is 18.6 Å². The Hall–Kier alpha value is -1.79. The van der Waals surface area contributed by atoms with Crippen molar-refractivity contribution in [1.29, 1.82) is 0 Å². The molecule has 1 unspecified atom stereocenters. The van der Waals surface area contributed by atoms with Crippen LogP contribution in [0.15, 0.2) is 18.2 Å². The quantitative estimate of drug-likeness (QED) is 0.556. The monoisotopic (exact) mass is 241 g/mol. The first kappa shape index (κ1) is 13.3. The molecule has 0 spiro atoms. The van der Waals surface area contributed by atoms with E-state index in [0.717, 1.165) is 0 Å². The van der Waals surface area contributed by atoms with Gasteiger partial charge in [-0.2, -0.15) is 0 Å². The Balaban J connectivity index is 2.66. The lowest BCUT2D eigenvalue weighted by molar-refractivity contribution is 0.0801. The van der Waals surface area contributed by atoms with Gasteiger partial charge in [0.1, 0.15) is 0 Å². The fourth-order valence-electron chi connectivity index (χ4n) is 1.21. The zero-order valence-corrected chi connectivity index (χ0v) is 9.38. The van der Waals surface area contributed by atoms with Gasteiger partial charge in [0.2, 0.25) is 0 Å². The van der Waals surface area contributed by atoms with Gasteiger partial charge in [-0.1, -0.05) is 0 Å². The number of methoxy groups -OCH3 is 1. The SMILES string of the molecule is COc1ccc(C(=O)NCC(O)CO)cc1O. The molecule has 6 nitrogen and oxygen atoms in total. The summed E-state index contributed by atoms with van der Waals surface area (Å²) in [5, 5.41) is 29.5. The predicted octanol–water partition coefficient (Wildman–Crippen LogP) is -0.516. The summed E-state index contributed by atoms with van der Waals surface area (Å²) in [5.74, 6) is -0.310. The van der Waals surface area contributed by atoms with Gasteiger partial charge in [-0.25, -0.2) is 0 Å². The number of hydrogen-bond donors (Lipinski definition) is 4. The summed E-state index contributed by atoms with van der Waals surface area (Å²) in [5.41, 5.74) is 0.244. The van der Waals surface area contributed by atoms with E-state index in [9.17, 15) is 9.90 Å². The number of carbonyl (C=O) groups is 1. The van der Waals surface area contributed by atoms with Crippen molar-refractivity contribution in [3.05, 3.63) is 23.8 Å². The number of hydrogen-bond acceptors (Lipinski definition) is 5. The highest BCUT2D eigenvalue weighted by Crippen LogP contribution is 2.25. The van der Waals surface area contributed by atoms with Gasteiger partial charge in [0.05, 0.1) is 19.8 Å². The number of benzene rings is 1. The molecule has 0 radical (unpaired) electrons. The molecule has 17 heavy (non-hydrogen) atoms. The molecule has 0 saturated heterocycles. The third kappa shape index (κ3) is 3.61. The second kappa shape index (κ2) is 6.07. The lowest BCUT2D eigenvalue weighted by Gasteiger charge is -2.10. The van der Waals surface area contributed by atoms with E-state index >= 15 is 0 Å². The van der Waals surface area contributed by atoms with Gasteiger partial charge < -0.3 is 25.4 Å². The van der Waals surface area contributed by atoms with Crippen LogP contribution in [0.4, 0.5) is 0 Å². The maximum Gasteiger partial charge on any atom is 0.251 e. The standard InChI is InChI=1S/C11H15NO5/c1-17-10-3-2-7(4-9(10)15)11(16)12-5-8(14)6-13/h2-4,8,13-15H,5-6H2,1H3,(H,12,16). The van der Waals surface area contributed by atoms with Crippen LogP contribution in [0, 0.1) is 0 Å². The number of carbonyl (C=O) groups excluding carboxylic acids is 1. The van der Waals surface area contributed by atoms with E-state index in [0.29, 0.717) is 0 Å². The van der Waals surface area contributed by atoms with Gasteiger partial charge in [-0.15, -0.1) is 0 Å². The third-order valence-corrected chi connectivity index (χ3v) is 2.15. The fourth-order valence-corrected chi connectivity index (χ4v) is 1.21. The van der Waals surface area contributed by atoms with Crippen molar-refractivity contribution in [3.63, 3.8) is 0 Å². The topological polar surface area (TPSA) is 99.0 Å². The molecule has 0 bridgehead atoms. The van der Waals surface area contributed by atoms with E-state index in [1.807, 2.05) is 0 Å². The van der Waals surface area contributed by atoms with Crippen molar-refractivity contribution in [1.82, 2.24) is 5.32 Å². The maximum atomic E-state index is 11.6. The summed E-state index contributed by atoms with van der Waals surface area (Å²) in [6.45, 7) is -0.476. The summed E-state index contributed by atoms with van der Waals surface area (Å²) >= 11 is 0. The molecule has 94 valence electrons. The number of ether oxygens (including phenoxy) is 1. The van der Waals surface area contributed by atoms with Crippen LogP contribution in [0.3, 0.4) is 0 Å². The Bertz CT molecular complexity index is 393. The van der Waals surface area contributed by atoms with Crippen molar-refractivity contribution in [2.45, 2.75) is 6.10 Å². The van der Waals surface area contributed by atoms with Gasteiger partial charge in [-0.3, -0.25) is 4.79 Å². The number of aliphatic hydroxyl groups excluding tert-OH is 2. The van der Waals surface area contributed by atoms with Crippen LogP contribution in [0.1, 0.15) is 10.4 Å². The highest BCUT2D eigenvalue weighted by Gasteiger charge is 2.10. The van der Waals surface area contributed by atoms with Crippen molar-refractivity contribution in [2.75, 3.05) is 20.3 Å². The van der Waals surface area contributed by atoms with Crippen LogP contribution >= 0.6 is 0 Å². The number of nitrogens with one attached hydrogen (secondary N) is 1. The van der Waals surface area contributed by atoms with Crippen LogP contribution in [0.5, 0.6) is 11.5 Å². The van der Waals surface area contributed by atoms with Gasteiger partial charge in [-0.05, 0) is 18.2 Å². The second-order valence-corrected chi connectivity index (χ2v) is 3.43. The van der Waals surface area contributed by atoms with Crippen molar-refractivity contribution in [3.8, 4) is 11.5 Å². The summed E-state index contributed by atoms with van der Waals surface area (Å²) in [7, 11) is 1.41. The smallest absolute Gasteiger partial charge is 0.251 e. The Labute approximate surface area is 98.5 Å². The summed E-state index contributed by atoms with van der Waals surface area (Å²) in [6, 6.07) is 4.21. The van der Waals surface area contributed by atoms with E-state index in [-0.39, 0.29) is 23.6 Å². The molecule has 0 aliphatic carbocycles. The van der Waals surface area contributed by atoms with E-state index in [1.54, 1.807) is 0 Å². The number of aromatic hydroxyl groups is 1. The Morgan fingerprint density at radius 2 is 2.24 bits per heavy atom. The molecule has 0 aromatic heterocycles. The largest absolute Gasteiger partial charge is 0.504 e. The van der Waals surface area contributed by atoms with Crippen LogP contribution in [-0.4, -0.2) is 47.6 Å². The minimum absolute atomic E-state index is 0.0534. The molecule has 0 heterocycles. The lowest BCUT2D eigenvalue weighted by Crippen LogP contribution is -2.33. The van der Waals surface area contributed by atoms with E-state index in [4.69, 9.17) is 14.9 Å². The number of aliphatic hydroxyl groups is 2. The van der Waals surface area contributed by atoms with Crippen LogP contribution in [-0.2, 0) is 0 Å². The highest BCUT2D eigenvalue weighted by atomic mass is 16.5. The molecule has 1 amide bonds. The number of rotatable bonds is 5. The van der Waals surface area contributed by atoms with Gasteiger partial charge in [0.15, 0.2) is 11.5 Å². The molecule has 0 saturated carbocycles. The molecule has 1 aromatic rings. The Kier molecular flexibility index (Phi) is 4.74. The first-order valence-corrected chi connectivity index (χ1v) is 5.02. The number of phenols is 1. The van der Waals surface area contributed by atoms with Gasteiger partial charge in [0.25, 0.3) is 5.91 Å². The Morgan fingerprint density at radius 1 is 1.53 bits per heavy atom. The molecule has 1 atom stereocenters. The normalized spacial score (nSPS) is 11.9. The van der Waals surface area contributed by atoms with Gasteiger partial charge >= 0.3 is 0 Å². The zero-order chi connectivity index (χ0) is 12.8. The Morgan fingerprint density at radius 3 is 2.76 bits per heavy atom. The summed E-state index contributed by atoms with van der Waals surface area (Å²) in [6.07, 6.45) is -0.995. The molecular weight excluding hydrogens is 226 g/mol. The fraction of sp³-hybridized carbons (Fsp3) is 0.364. The van der Waals surface area contributed by atoms with Crippen LogP contribution < -0.4 is 10.1 Å². The average Bonchev–Trinajstić information content (AvgIpc) is 2.35. The van der Waals surface area contributed by atoms with Crippen LogP contribution in [0.2, 0.25) is 0 Å². The first-order chi connectivity index (χ1) is 8.08. The molecular formula is C11H15NO5. The molecule has 6 heteroatoms. The van der Waals surface area contributed by atoms with Crippen molar-refractivity contribution in [2.24, 2.45) is 0 Å². The summed E-state index contributed by atoms with van der Waals surface area (Å²) in [4.78, 5) is 11.6. The maximum absolute atomic E-state index is 11.6. The molecule has 0 aliphatic heterocycles. The van der Waals surface area contributed by atoms with Crippen LogP contribution in [0.25, 0.3) is 0 Å². The molecule has 1 rings (SSSR count). The third-order valence-electron chi connectivity index (χ3n) is 2.15. The molecule has 0 fully saturated rings. The molecule has 0 aliphatic rings. The zero-order valence-electron chi connectivity index (χ0n) is 9.38. The lowest BCUT2D eigenvalue weighted by atomic mass is 10.2.